The van der Waals surface area contributed by atoms with E-state index in [1.807, 2.05) is 4.90 Å². The zero-order valence-corrected chi connectivity index (χ0v) is 33.1. The molecule has 0 radical (unpaired) electrons. The predicted octanol–water partition coefficient (Wildman–Crippen LogP) is 2.22. The van der Waals surface area contributed by atoms with Gasteiger partial charge in [-0.25, -0.2) is 4.89 Å². The minimum absolute atomic E-state index is 0.0127. The van der Waals surface area contributed by atoms with Gasteiger partial charge in [-0.3, -0.25) is 39.1 Å². The minimum Gasteiger partial charge on any atom is -0.481 e. The summed E-state index contributed by atoms with van der Waals surface area (Å²) in [4.78, 5) is 56.5. The molecule has 0 spiro atoms. The van der Waals surface area contributed by atoms with Gasteiger partial charge in [0, 0.05) is 51.1 Å². The van der Waals surface area contributed by atoms with Gasteiger partial charge in [0.15, 0.2) is 0 Å². The number of hydrogen-bond acceptors (Lipinski definition) is 12. The molecule has 0 aromatic carbocycles. The Hall–Kier alpha value is -2.44. The molecular weight excluding hydrogens is 716 g/mol. The van der Waals surface area contributed by atoms with Crippen molar-refractivity contribution in [2.75, 3.05) is 59.3 Å². The Morgan fingerprint density at radius 2 is 1.45 bits per heavy atom. The largest absolute Gasteiger partial charge is 0.481 e. The van der Waals surface area contributed by atoms with Crippen molar-refractivity contribution in [3.8, 4) is 0 Å². The molecule has 4 saturated carbocycles. The Labute approximate surface area is 325 Å². The molecule has 316 valence electrons. The van der Waals surface area contributed by atoms with Gasteiger partial charge in [-0.15, -0.1) is 0 Å². The van der Waals surface area contributed by atoms with Crippen LogP contribution in [0.1, 0.15) is 97.8 Å². The number of aliphatic hydroxyl groups excluding tert-OH is 3. The van der Waals surface area contributed by atoms with Crippen molar-refractivity contribution >= 4 is 23.8 Å². The van der Waals surface area contributed by atoms with E-state index >= 15 is 0 Å². The van der Waals surface area contributed by atoms with Crippen molar-refractivity contribution in [3.05, 3.63) is 0 Å². The number of fused-ring (bicyclic) bond motifs is 5. The van der Waals surface area contributed by atoms with Crippen LogP contribution in [0.15, 0.2) is 0 Å². The lowest BCUT2D eigenvalue weighted by Gasteiger charge is -2.62. The van der Waals surface area contributed by atoms with E-state index in [0.717, 1.165) is 51.4 Å². The molecular formula is C39H68N4O12. The molecule has 0 heterocycles. The Morgan fingerprint density at radius 1 is 0.800 bits per heavy atom. The van der Waals surface area contributed by atoms with Crippen molar-refractivity contribution in [1.29, 1.82) is 0 Å². The fourth-order valence-electron chi connectivity index (χ4n) is 11.7. The van der Waals surface area contributed by atoms with E-state index in [9.17, 15) is 55.1 Å². The summed E-state index contributed by atoms with van der Waals surface area (Å²) in [6.45, 7) is 5.63. The van der Waals surface area contributed by atoms with Crippen molar-refractivity contribution in [1.82, 2.24) is 20.0 Å². The van der Waals surface area contributed by atoms with E-state index in [1.165, 1.54) is 9.80 Å². The van der Waals surface area contributed by atoms with E-state index in [1.54, 1.807) is 0 Å². The zero-order chi connectivity index (χ0) is 40.5. The molecule has 4 fully saturated rings. The van der Waals surface area contributed by atoms with Gasteiger partial charge < -0.3 is 36.0 Å². The summed E-state index contributed by atoms with van der Waals surface area (Å²) in [7, 11) is 0. The number of amides is 1. The highest BCUT2D eigenvalue weighted by atomic mass is 17.1. The second-order valence-electron chi connectivity index (χ2n) is 17.6. The third-order valence-electron chi connectivity index (χ3n) is 14.7. The van der Waals surface area contributed by atoms with Gasteiger partial charge in [0.1, 0.15) is 0 Å². The number of carbonyl (C=O) groups is 4. The standard InChI is InChI=1S/C39H68N4O12/c1-25(4-11-35(48)49)30-8-9-31-29-7-5-26-18-27(12-13-38(26,2)32(29)19-33(46)39(30,31)3)40-34(47)10-6-28(22-55-54)43(17-15-42(23-44)24-45)16-14-41(20-36(50)51)21-37(52)53/h25-33,44-46,54H,4-24H2,1-3H3,(H,40,47)(H,48,49)(H,50,51)(H,52,53)/t25?,26?,27?,28?,29?,30-,31?,32?,33?,38+,39-/m1/s1. The van der Waals surface area contributed by atoms with Crippen LogP contribution in [0.5, 0.6) is 0 Å². The van der Waals surface area contributed by atoms with Gasteiger partial charge >= 0.3 is 17.9 Å². The average Bonchev–Trinajstić information content (AvgIpc) is 3.49. The summed E-state index contributed by atoms with van der Waals surface area (Å²) < 4.78 is 0. The molecule has 0 aromatic rings. The Kier molecular flexibility index (Phi) is 16.7. The molecule has 0 bridgehead atoms. The molecule has 16 heteroatoms. The summed E-state index contributed by atoms with van der Waals surface area (Å²) in [5, 5.41) is 71.5. The monoisotopic (exact) mass is 784 g/mol. The fourth-order valence-corrected chi connectivity index (χ4v) is 11.7. The van der Waals surface area contributed by atoms with Crippen LogP contribution in [-0.4, -0.2) is 152 Å². The fraction of sp³-hybridized carbons (Fsp3) is 0.897. The molecule has 8 N–H and O–H groups in total. The highest BCUT2D eigenvalue weighted by molar-refractivity contribution is 5.76. The maximum absolute atomic E-state index is 13.4. The number of aliphatic carboxylic acids is 3. The van der Waals surface area contributed by atoms with Gasteiger partial charge in [-0.05, 0) is 111 Å². The molecule has 0 aliphatic heterocycles. The number of carboxylic acid groups (broad SMARTS) is 3. The van der Waals surface area contributed by atoms with Gasteiger partial charge in [-0.2, -0.15) is 0 Å². The van der Waals surface area contributed by atoms with E-state index in [0.29, 0.717) is 36.0 Å². The molecule has 11 atom stereocenters. The molecule has 1 amide bonds. The average molecular weight is 785 g/mol. The maximum atomic E-state index is 13.4. The molecule has 16 nitrogen and oxygen atoms in total. The second kappa shape index (κ2) is 20.3. The highest BCUT2D eigenvalue weighted by Gasteiger charge is 2.63. The number of nitrogens with one attached hydrogen (secondary N) is 1. The van der Waals surface area contributed by atoms with Crippen molar-refractivity contribution in [2.45, 2.75) is 116 Å². The van der Waals surface area contributed by atoms with E-state index in [-0.39, 0.29) is 80.7 Å². The number of rotatable bonds is 23. The normalized spacial score (nSPS) is 32.8. The minimum atomic E-state index is -1.18. The van der Waals surface area contributed by atoms with Gasteiger partial charge in [0.25, 0.3) is 0 Å². The summed E-state index contributed by atoms with van der Waals surface area (Å²) in [5.41, 5.74) is -0.134. The lowest BCUT2D eigenvalue weighted by molar-refractivity contribution is -0.252. The third kappa shape index (κ3) is 11.2. The second-order valence-corrected chi connectivity index (χ2v) is 17.6. The number of aliphatic hydroxyl groups is 3. The first kappa shape index (κ1) is 45.3. The SMILES string of the molecule is CC(CCC(=O)O)[C@H]1CCC2C3CCC4CC(NC(=O)CCC(COO)N(CCN(CO)CO)CCN(CC(=O)O)CC(=O)O)CC[C@]4(C)C3CC(O)[C@@]21C. The molecule has 4 rings (SSSR count). The van der Waals surface area contributed by atoms with Crippen molar-refractivity contribution in [2.24, 2.45) is 46.3 Å². The lowest BCUT2D eigenvalue weighted by Crippen LogP contribution is -2.59. The molecule has 0 aromatic heterocycles. The Morgan fingerprint density at radius 3 is 2.05 bits per heavy atom. The van der Waals surface area contributed by atoms with Crippen molar-refractivity contribution in [3.63, 3.8) is 0 Å². The Balaban J connectivity index is 1.35. The first-order valence-corrected chi connectivity index (χ1v) is 20.4. The molecule has 4 aliphatic carbocycles. The van der Waals surface area contributed by atoms with Gasteiger partial charge in [0.05, 0.1) is 39.3 Å². The molecule has 8 unspecified atom stereocenters. The summed E-state index contributed by atoms with van der Waals surface area (Å²) >= 11 is 0. The summed E-state index contributed by atoms with van der Waals surface area (Å²) in [6.07, 6.45) is 8.54. The smallest absolute Gasteiger partial charge is 0.317 e. The summed E-state index contributed by atoms with van der Waals surface area (Å²) in [5.74, 6) is -0.893. The zero-order valence-electron chi connectivity index (χ0n) is 33.1. The Bertz CT molecular complexity index is 1270. The van der Waals surface area contributed by atoms with E-state index < -0.39 is 56.6 Å². The van der Waals surface area contributed by atoms with Crippen LogP contribution < -0.4 is 5.32 Å². The number of carbonyl (C=O) groups excluding carboxylic acids is 1. The van der Waals surface area contributed by atoms with Crippen LogP contribution in [0.25, 0.3) is 0 Å². The van der Waals surface area contributed by atoms with E-state index in [4.69, 9.17) is 0 Å². The van der Waals surface area contributed by atoms with Crippen LogP contribution in [0.2, 0.25) is 0 Å². The number of hydrogen-bond donors (Lipinski definition) is 8. The lowest BCUT2D eigenvalue weighted by atomic mass is 9.43. The molecule has 4 aliphatic rings. The predicted molar refractivity (Wildman–Crippen MR) is 200 cm³/mol. The number of carboxylic acids is 3. The van der Waals surface area contributed by atoms with Crippen LogP contribution >= 0.6 is 0 Å². The first-order chi connectivity index (χ1) is 26.1. The first-order valence-electron chi connectivity index (χ1n) is 20.4. The van der Waals surface area contributed by atoms with E-state index in [2.05, 4.69) is 31.0 Å². The quantitative estimate of drug-likeness (QED) is 0.0421. The van der Waals surface area contributed by atoms with Crippen LogP contribution in [0.4, 0.5) is 0 Å². The maximum Gasteiger partial charge on any atom is 0.317 e. The van der Waals surface area contributed by atoms with Crippen LogP contribution in [0.3, 0.4) is 0 Å². The van der Waals surface area contributed by atoms with Crippen LogP contribution in [0, 0.1) is 46.3 Å². The topological polar surface area (TPSA) is 241 Å². The van der Waals surface area contributed by atoms with Gasteiger partial charge in [-0.1, -0.05) is 20.8 Å². The van der Waals surface area contributed by atoms with Crippen LogP contribution in [-0.2, 0) is 24.1 Å². The molecule has 0 saturated heterocycles. The third-order valence-corrected chi connectivity index (χ3v) is 14.7. The summed E-state index contributed by atoms with van der Waals surface area (Å²) in [6, 6.07) is -0.492. The number of nitrogens with zero attached hydrogens (tertiary/aromatic N) is 3. The van der Waals surface area contributed by atoms with Crippen molar-refractivity contribution < 1.29 is 60.0 Å². The molecule has 55 heavy (non-hydrogen) atoms. The van der Waals surface area contributed by atoms with Gasteiger partial charge in [0.2, 0.25) is 5.91 Å². The highest BCUT2D eigenvalue weighted by Crippen LogP contribution is 2.68.